The molecule has 0 aliphatic carbocycles. The van der Waals surface area contributed by atoms with Crippen LogP contribution in [0, 0.1) is 0 Å². The van der Waals surface area contributed by atoms with Gasteiger partial charge in [-0.2, -0.15) is 0 Å². The first-order chi connectivity index (χ1) is 10.5. The van der Waals surface area contributed by atoms with Crippen LogP contribution in [-0.4, -0.2) is 18.4 Å². The Hall–Kier alpha value is -2.53. The van der Waals surface area contributed by atoms with Crippen molar-refractivity contribution < 1.29 is 14.3 Å². The number of rotatable bonds is 5. The van der Waals surface area contributed by atoms with Crippen LogP contribution in [0.15, 0.2) is 48.5 Å². The Morgan fingerprint density at radius 3 is 2.45 bits per heavy atom. The lowest BCUT2D eigenvalue weighted by molar-refractivity contribution is -0.118. The summed E-state index contributed by atoms with van der Waals surface area (Å²) in [4.78, 5) is 22.8. The van der Waals surface area contributed by atoms with Crippen molar-refractivity contribution in [2.75, 3.05) is 17.2 Å². The van der Waals surface area contributed by atoms with Gasteiger partial charge in [0, 0.05) is 29.4 Å². The molecular formula is C16H15ClN2O3. The molecule has 114 valence electrons. The van der Waals surface area contributed by atoms with Crippen LogP contribution in [0.25, 0.3) is 0 Å². The number of carbonyl (C=O) groups excluding carboxylic acids is 2. The van der Waals surface area contributed by atoms with E-state index in [0.717, 1.165) is 0 Å². The Morgan fingerprint density at radius 1 is 1.05 bits per heavy atom. The lowest BCUT2D eigenvalue weighted by Gasteiger charge is -2.09. The highest BCUT2D eigenvalue weighted by molar-refractivity contribution is 6.30. The average Bonchev–Trinajstić information content (AvgIpc) is 2.47. The minimum absolute atomic E-state index is 0.133. The van der Waals surface area contributed by atoms with E-state index >= 15 is 0 Å². The summed E-state index contributed by atoms with van der Waals surface area (Å²) in [5.74, 6) is 0.0439. The normalized spacial score (nSPS) is 9.91. The van der Waals surface area contributed by atoms with Crippen LogP contribution in [0.4, 0.5) is 11.4 Å². The lowest BCUT2D eigenvalue weighted by atomic mass is 10.3. The quantitative estimate of drug-likeness (QED) is 0.888. The zero-order valence-corrected chi connectivity index (χ0v) is 12.7. The van der Waals surface area contributed by atoms with E-state index in [4.69, 9.17) is 16.3 Å². The third-order valence-electron chi connectivity index (χ3n) is 2.65. The van der Waals surface area contributed by atoms with Crippen molar-refractivity contribution in [3.8, 4) is 5.75 Å². The Bertz CT molecular complexity index is 671. The number of anilines is 2. The second-order valence-electron chi connectivity index (χ2n) is 4.55. The molecule has 5 nitrogen and oxygen atoms in total. The van der Waals surface area contributed by atoms with Crippen LogP contribution in [0.3, 0.4) is 0 Å². The highest BCUT2D eigenvalue weighted by Gasteiger charge is 2.05. The van der Waals surface area contributed by atoms with Crippen LogP contribution in [0.1, 0.15) is 6.92 Å². The summed E-state index contributed by atoms with van der Waals surface area (Å²) in [6, 6.07) is 13.6. The molecule has 2 aromatic rings. The predicted molar refractivity (Wildman–Crippen MR) is 86.3 cm³/mol. The van der Waals surface area contributed by atoms with Gasteiger partial charge < -0.3 is 15.4 Å². The van der Waals surface area contributed by atoms with Crippen molar-refractivity contribution in [2.45, 2.75) is 6.92 Å². The molecule has 0 aliphatic heterocycles. The summed E-state index contributed by atoms with van der Waals surface area (Å²) >= 11 is 5.77. The van der Waals surface area contributed by atoms with E-state index in [1.54, 1.807) is 48.5 Å². The topological polar surface area (TPSA) is 67.4 Å². The molecular weight excluding hydrogens is 304 g/mol. The standard InChI is InChI=1S/C16H15ClN2O3/c1-11(20)18-14-3-2-4-15(9-14)22-10-16(21)19-13-7-5-12(17)6-8-13/h2-9H,10H2,1H3,(H,18,20)(H,19,21). The van der Waals surface area contributed by atoms with Crippen LogP contribution in [-0.2, 0) is 9.59 Å². The summed E-state index contributed by atoms with van der Waals surface area (Å²) in [6.45, 7) is 1.29. The maximum absolute atomic E-state index is 11.8. The third-order valence-corrected chi connectivity index (χ3v) is 2.90. The van der Waals surface area contributed by atoms with Gasteiger partial charge in [0.15, 0.2) is 6.61 Å². The minimum Gasteiger partial charge on any atom is -0.484 e. The number of ether oxygens (including phenoxy) is 1. The van der Waals surface area contributed by atoms with Gasteiger partial charge in [-0.05, 0) is 36.4 Å². The van der Waals surface area contributed by atoms with Gasteiger partial charge in [0.1, 0.15) is 5.75 Å². The molecule has 2 amide bonds. The number of hydrogen-bond acceptors (Lipinski definition) is 3. The van der Waals surface area contributed by atoms with E-state index in [0.29, 0.717) is 22.1 Å². The van der Waals surface area contributed by atoms with Crippen LogP contribution in [0.2, 0.25) is 5.02 Å². The molecule has 6 heteroatoms. The fourth-order valence-electron chi connectivity index (χ4n) is 1.75. The van der Waals surface area contributed by atoms with Crippen LogP contribution in [0.5, 0.6) is 5.75 Å². The van der Waals surface area contributed by atoms with Crippen molar-refractivity contribution in [1.29, 1.82) is 0 Å². The maximum atomic E-state index is 11.8. The largest absolute Gasteiger partial charge is 0.484 e. The SMILES string of the molecule is CC(=O)Nc1cccc(OCC(=O)Nc2ccc(Cl)cc2)c1. The zero-order valence-electron chi connectivity index (χ0n) is 11.9. The minimum atomic E-state index is -0.285. The molecule has 0 radical (unpaired) electrons. The van der Waals surface area contributed by atoms with Gasteiger partial charge in [0.25, 0.3) is 5.91 Å². The van der Waals surface area contributed by atoms with E-state index in [-0.39, 0.29) is 18.4 Å². The summed E-state index contributed by atoms with van der Waals surface area (Å²) < 4.78 is 5.40. The third kappa shape index (κ3) is 5.10. The highest BCUT2D eigenvalue weighted by Crippen LogP contribution is 2.17. The molecule has 0 heterocycles. The Kier molecular flexibility index (Phi) is 5.38. The van der Waals surface area contributed by atoms with Gasteiger partial charge >= 0.3 is 0 Å². The molecule has 2 rings (SSSR count). The molecule has 0 saturated heterocycles. The van der Waals surface area contributed by atoms with Gasteiger partial charge in [-0.15, -0.1) is 0 Å². The first-order valence-electron chi connectivity index (χ1n) is 6.59. The summed E-state index contributed by atoms with van der Waals surface area (Å²) in [6.07, 6.45) is 0. The van der Waals surface area contributed by atoms with E-state index in [1.807, 2.05) is 0 Å². The fourth-order valence-corrected chi connectivity index (χ4v) is 1.87. The number of hydrogen-bond donors (Lipinski definition) is 2. The van der Waals surface area contributed by atoms with Crippen molar-refractivity contribution in [3.63, 3.8) is 0 Å². The fraction of sp³-hybridized carbons (Fsp3) is 0.125. The number of amides is 2. The molecule has 0 bridgehead atoms. The maximum Gasteiger partial charge on any atom is 0.262 e. The Labute approximate surface area is 133 Å². The van der Waals surface area contributed by atoms with Crippen molar-refractivity contribution in [3.05, 3.63) is 53.6 Å². The lowest BCUT2D eigenvalue weighted by Crippen LogP contribution is -2.20. The van der Waals surface area contributed by atoms with E-state index in [9.17, 15) is 9.59 Å². The summed E-state index contributed by atoms with van der Waals surface area (Å²) in [5, 5.41) is 5.94. The molecule has 0 saturated carbocycles. The number of benzene rings is 2. The molecule has 0 atom stereocenters. The summed E-state index contributed by atoms with van der Waals surface area (Å²) in [7, 11) is 0. The average molecular weight is 319 g/mol. The van der Waals surface area contributed by atoms with Gasteiger partial charge in [-0.1, -0.05) is 17.7 Å². The molecule has 0 aliphatic rings. The second-order valence-corrected chi connectivity index (χ2v) is 4.99. The van der Waals surface area contributed by atoms with Crippen LogP contribution >= 0.6 is 11.6 Å². The molecule has 0 spiro atoms. The van der Waals surface area contributed by atoms with Gasteiger partial charge in [-0.3, -0.25) is 9.59 Å². The van der Waals surface area contributed by atoms with Gasteiger partial charge in [-0.25, -0.2) is 0 Å². The number of carbonyl (C=O) groups is 2. The first-order valence-corrected chi connectivity index (χ1v) is 6.96. The Morgan fingerprint density at radius 2 is 1.77 bits per heavy atom. The van der Waals surface area contributed by atoms with Crippen LogP contribution < -0.4 is 15.4 Å². The smallest absolute Gasteiger partial charge is 0.262 e. The van der Waals surface area contributed by atoms with Gasteiger partial charge in [0.2, 0.25) is 5.91 Å². The molecule has 0 fully saturated rings. The monoisotopic (exact) mass is 318 g/mol. The number of halogens is 1. The zero-order chi connectivity index (χ0) is 15.9. The molecule has 22 heavy (non-hydrogen) atoms. The second kappa shape index (κ2) is 7.47. The van der Waals surface area contributed by atoms with Gasteiger partial charge in [0.05, 0.1) is 0 Å². The van der Waals surface area contributed by atoms with Crippen molar-refractivity contribution in [1.82, 2.24) is 0 Å². The number of nitrogens with one attached hydrogen (secondary N) is 2. The van der Waals surface area contributed by atoms with E-state index in [1.165, 1.54) is 6.92 Å². The molecule has 2 N–H and O–H groups in total. The first kappa shape index (κ1) is 15.9. The molecule has 2 aromatic carbocycles. The Balaban J connectivity index is 1.88. The van der Waals surface area contributed by atoms with Crippen molar-refractivity contribution in [2.24, 2.45) is 0 Å². The van der Waals surface area contributed by atoms with E-state index in [2.05, 4.69) is 10.6 Å². The predicted octanol–water partition coefficient (Wildman–Crippen LogP) is 3.32. The molecule has 0 unspecified atom stereocenters. The summed E-state index contributed by atoms with van der Waals surface area (Å²) in [5.41, 5.74) is 1.26. The van der Waals surface area contributed by atoms with Crippen molar-refractivity contribution >= 4 is 34.8 Å². The highest BCUT2D eigenvalue weighted by atomic mass is 35.5. The molecule has 0 aromatic heterocycles. The van der Waals surface area contributed by atoms with E-state index < -0.39 is 0 Å².